The molecule has 0 aliphatic carbocycles. The summed E-state index contributed by atoms with van der Waals surface area (Å²) in [6.07, 6.45) is 2.64. The number of urea groups is 1. The number of rotatable bonds is 3. The molecule has 1 spiro atoms. The number of aromatic nitrogens is 1. The Kier molecular flexibility index (Phi) is 6.45. The summed E-state index contributed by atoms with van der Waals surface area (Å²) in [6, 6.07) is 2.02. The number of ether oxygens (including phenoxy) is 2. The van der Waals surface area contributed by atoms with Crippen molar-refractivity contribution in [3.8, 4) is 0 Å². The summed E-state index contributed by atoms with van der Waals surface area (Å²) >= 11 is 0. The third-order valence-corrected chi connectivity index (χ3v) is 6.95. The number of fused-ring (bicyclic) bond motifs is 1. The Balaban J connectivity index is 1.44. The Morgan fingerprint density at radius 3 is 2.29 bits per heavy atom. The van der Waals surface area contributed by atoms with E-state index in [-0.39, 0.29) is 17.5 Å². The van der Waals surface area contributed by atoms with Crippen LogP contribution in [0.4, 0.5) is 19.3 Å². The second-order valence-corrected chi connectivity index (χ2v) is 9.01. The number of amides is 3. The van der Waals surface area contributed by atoms with E-state index >= 15 is 0 Å². The van der Waals surface area contributed by atoms with Gasteiger partial charge >= 0.3 is 6.03 Å². The van der Waals surface area contributed by atoms with E-state index in [1.807, 2.05) is 11.8 Å². The quantitative estimate of drug-likeness (QED) is 0.712. The second kappa shape index (κ2) is 9.54. The lowest BCUT2D eigenvalue weighted by molar-refractivity contribution is -0.169. The molecule has 3 aliphatic rings. The molecule has 3 aliphatic heterocycles. The molecule has 5 rings (SSSR count). The van der Waals surface area contributed by atoms with E-state index in [4.69, 9.17) is 9.47 Å². The second-order valence-electron chi connectivity index (χ2n) is 9.01. The monoisotopic (exact) mass is 489 g/mol. The van der Waals surface area contributed by atoms with Crippen molar-refractivity contribution in [1.29, 1.82) is 0 Å². The number of carbonyl (C=O) groups excluding carboxylic acids is 2. The van der Waals surface area contributed by atoms with Crippen LogP contribution in [0.5, 0.6) is 0 Å². The molecule has 3 fully saturated rings. The summed E-state index contributed by atoms with van der Waals surface area (Å²) in [5.74, 6) is -2.84. The number of benzene rings is 1. The highest BCUT2D eigenvalue weighted by atomic mass is 19.2. The van der Waals surface area contributed by atoms with E-state index in [0.717, 1.165) is 12.1 Å². The van der Waals surface area contributed by atoms with Crippen LogP contribution < -0.4 is 10.2 Å². The molecule has 11 heteroatoms. The van der Waals surface area contributed by atoms with Gasteiger partial charge in [-0.15, -0.1) is 0 Å². The molecule has 188 valence electrons. The van der Waals surface area contributed by atoms with Crippen molar-refractivity contribution < 1.29 is 27.8 Å². The van der Waals surface area contributed by atoms with E-state index in [0.29, 0.717) is 88.5 Å². The standard InChI is InChI=1S/C24H29F2N5O4/c1-2-27-23(33)31-9-7-30(8-10-31)22(32)17-15-28-20-14-19(26)18(25)13-16(20)21(17)29-5-3-24(4-6-29)34-11-12-35-24/h13-15H,2-12H2,1H3,(H,27,33). The van der Waals surface area contributed by atoms with Crippen LogP contribution in [0.15, 0.2) is 18.3 Å². The van der Waals surface area contributed by atoms with Crippen LogP contribution in [0, 0.1) is 11.6 Å². The van der Waals surface area contributed by atoms with Gasteiger partial charge < -0.3 is 29.5 Å². The first kappa shape index (κ1) is 23.7. The molecule has 3 amide bonds. The van der Waals surface area contributed by atoms with E-state index in [1.54, 1.807) is 9.80 Å². The number of nitrogens with zero attached hydrogens (tertiary/aromatic N) is 4. The number of piperidine rings is 1. The Hall–Kier alpha value is -3.05. The third-order valence-electron chi connectivity index (χ3n) is 6.95. The number of halogens is 2. The molecule has 2 aromatic rings. The van der Waals surface area contributed by atoms with Crippen molar-refractivity contribution in [3.05, 3.63) is 35.5 Å². The predicted octanol–water partition coefficient (Wildman–Crippen LogP) is 2.34. The summed E-state index contributed by atoms with van der Waals surface area (Å²) in [5.41, 5.74) is 1.15. The lowest BCUT2D eigenvalue weighted by Crippen LogP contribution is -2.53. The number of nitrogens with one attached hydrogen (secondary N) is 1. The Morgan fingerprint density at radius 1 is 1.00 bits per heavy atom. The summed E-state index contributed by atoms with van der Waals surface area (Å²) in [5, 5.41) is 3.16. The molecule has 1 aromatic heterocycles. The number of piperazine rings is 1. The van der Waals surface area contributed by atoms with Crippen LogP contribution in [0.3, 0.4) is 0 Å². The molecule has 9 nitrogen and oxygen atoms in total. The Bertz CT molecular complexity index is 1120. The van der Waals surface area contributed by atoms with Crippen LogP contribution in [-0.2, 0) is 9.47 Å². The molecule has 0 saturated carbocycles. The van der Waals surface area contributed by atoms with Gasteiger partial charge in [-0.2, -0.15) is 0 Å². The average Bonchev–Trinajstić information content (AvgIpc) is 3.32. The third kappa shape index (κ3) is 4.50. The Morgan fingerprint density at radius 2 is 1.63 bits per heavy atom. The largest absolute Gasteiger partial charge is 0.370 e. The molecule has 1 aromatic carbocycles. The van der Waals surface area contributed by atoms with Crippen molar-refractivity contribution in [2.75, 3.05) is 63.9 Å². The smallest absolute Gasteiger partial charge is 0.317 e. The first-order valence-corrected chi connectivity index (χ1v) is 12.0. The average molecular weight is 490 g/mol. The Labute approximate surface area is 201 Å². The fraction of sp³-hybridized carbons (Fsp3) is 0.542. The van der Waals surface area contributed by atoms with Gasteiger partial charge in [0.15, 0.2) is 17.4 Å². The van der Waals surface area contributed by atoms with Crippen LogP contribution in [-0.4, -0.2) is 91.5 Å². The van der Waals surface area contributed by atoms with E-state index in [9.17, 15) is 18.4 Å². The highest BCUT2D eigenvalue weighted by molar-refractivity contribution is 6.07. The minimum Gasteiger partial charge on any atom is -0.370 e. The van der Waals surface area contributed by atoms with Crippen molar-refractivity contribution in [2.45, 2.75) is 25.6 Å². The van der Waals surface area contributed by atoms with Crippen LogP contribution in [0.1, 0.15) is 30.1 Å². The fourth-order valence-electron chi connectivity index (χ4n) is 5.07. The van der Waals surface area contributed by atoms with Gasteiger partial charge in [0, 0.05) is 76.3 Å². The van der Waals surface area contributed by atoms with Gasteiger partial charge in [0.2, 0.25) is 0 Å². The molecule has 0 unspecified atom stereocenters. The fourth-order valence-corrected chi connectivity index (χ4v) is 5.07. The number of hydrogen-bond donors (Lipinski definition) is 1. The molecule has 35 heavy (non-hydrogen) atoms. The summed E-state index contributed by atoms with van der Waals surface area (Å²) < 4.78 is 39.9. The van der Waals surface area contributed by atoms with Gasteiger partial charge in [0.05, 0.1) is 30.0 Å². The van der Waals surface area contributed by atoms with Gasteiger partial charge in [0.25, 0.3) is 5.91 Å². The summed E-state index contributed by atoms with van der Waals surface area (Å²) in [7, 11) is 0. The first-order chi connectivity index (χ1) is 16.9. The molecule has 3 saturated heterocycles. The normalized spacial score (nSPS) is 20.0. The SMILES string of the molecule is CCNC(=O)N1CCN(C(=O)c2cnc3cc(F)c(F)cc3c2N2CCC3(CC2)OCCO3)CC1. The van der Waals surface area contributed by atoms with Gasteiger partial charge in [0.1, 0.15) is 0 Å². The van der Waals surface area contributed by atoms with E-state index < -0.39 is 17.4 Å². The lowest BCUT2D eigenvalue weighted by Gasteiger charge is -2.40. The maximum atomic E-state index is 14.3. The molecule has 0 radical (unpaired) electrons. The van der Waals surface area contributed by atoms with Gasteiger partial charge in [-0.1, -0.05) is 0 Å². The minimum atomic E-state index is -0.989. The van der Waals surface area contributed by atoms with Gasteiger partial charge in [-0.3, -0.25) is 9.78 Å². The first-order valence-electron chi connectivity index (χ1n) is 12.0. The maximum Gasteiger partial charge on any atom is 0.317 e. The number of anilines is 1. The highest BCUT2D eigenvalue weighted by Gasteiger charge is 2.41. The van der Waals surface area contributed by atoms with Gasteiger partial charge in [-0.25, -0.2) is 13.6 Å². The lowest BCUT2D eigenvalue weighted by atomic mass is 9.99. The van der Waals surface area contributed by atoms with Crippen molar-refractivity contribution in [3.63, 3.8) is 0 Å². The van der Waals surface area contributed by atoms with Crippen molar-refractivity contribution in [1.82, 2.24) is 20.1 Å². The summed E-state index contributed by atoms with van der Waals surface area (Å²) in [4.78, 5) is 35.4. The maximum absolute atomic E-state index is 14.3. The van der Waals surface area contributed by atoms with Crippen LogP contribution >= 0.6 is 0 Å². The predicted molar refractivity (Wildman–Crippen MR) is 124 cm³/mol. The molecule has 1 N–H and O–H groups in total. The molecular weight excluding hydrogens is 460 g/mol. The zero-order chi connectivity index (χ0) is 24.6. The number of hydrogen-bond acceptors (Lipinski definition) is 6. The zero-order valence-electron chi connectivity index (χ0n) is 19.7. The zero-order valence-corrected chi connectivity index (χ0v) is 19.7. The molecule has 0 bridgehead atoms. The van der Waals surface area contributed by atoms with E-state index in [1.165, 1.54) is 6.20 Å². The molecule has 0 atom stereocenters. The topological polar surface area (TPSA) is 87.2 Å². The van der Waals surface area contributed by atoms with Gasteiger partial charge in [-0.05, 0) is 13.0 Å². The molecule has 4 heterocycles. The van der Waals surface area contributed by atoms with Crippen molar-refractivity contribution >= 4 is 28.5 Å². The number of carbonyl (C=O) groups is 2. The number of pyridine rings is 1. The summed E-state index contributed by atoms with van der Waals surface area (Å²) in [6.45, 7) is 6.12. The van der Waals surface area contributed by atoms with Crippen LogP contribution in [0.2, 0.25) is 0 Å². The molecular formula is C24H29F2N5O4. The van der Waals surface area contributed by atoms with Crippen LogP contribution in [0.25, 0.3) is 10.9 Å². The van der Waals surface area contributed by atoms with Crippen molar-refractivity contribution in [2.24, 2.45) is 0 Å². The highest BCUT2D eigenvalue weighted by Crippen LogP contribution is 2.38. The minimum absolute atomic E-state index is 0.149. The van der Waals surface area contributed by atoms with E-state index in [2.05, 4.69) is 10.3 Å².